The van der Waals surface area contributed by atoms with Crippen molar-refractivity contribution in [3.63, 3.8) is 0 Å². The third kappa shape index (κ3) is 4.05. The molecule has 0 aliphatic heterocycles. The summed E-state index contributed by atoms with van der Waals surface area (Å²) >= 11 is 0. The largest absolute Gasteiger partial charge is 0.326 e. The maximum atomic E-state index is 12.0. The zero-order valence-corrected chi connectivity index (χ0v) is 19.1. The highest BCUT2D eigenvalue weighted by Gasteiger charge is 2.24. The molecule has 4 rings (SSSR count). The van der Waals surface area contributed by atoms with Crippen LogP contribution in [0.3, 0.4) is 0 Å². The Labute approximate surface area is 194 Å². The van der Waals surface area contributed by atoms with E-state index >= 15 is 0 Å². The van der Waals surface area contributed by atoms with Gasteiger partial charge in [0.2, 0.25) is 0 Å². The molecule has 6 nitrogen and oxygen atoms in total. The van der Waals surface area contributed by atoms with Crippen LogP contribution >= 0.6 is 0 Å². The molecule has 6 heteroatoms. The second-order valence-corrected chi connectivity index (χ2v) is 8.16. The van der Waals surface area contributed by atoms with Crippen molar-refractivity contribution in [3.8, 4) is 29.3 Å². The number of nitrogens with zero attached hydrogens (tertiary/aromatic N) is 4. The molecule has 33 heavy (non-hydrogen) atoms. The zero-order chi connectivity index (χ0) is 23.5. The molecule has 0 bridgehead atoms. The lowest BCUT2D eigenvalue weighted by Gasteiger charge is -2.24. The highest BCUT2D eigenvalue weighted by molar-refractivity contribution is 5.89. The predicted octanol–water partition coefficient (Wildman–Crippen LogP) is 4.35. The number of fused-ring (bicyclic) bond motifs is 1. The molecular weight excluding hydrogens is 410 g/mol. The Hall–Kier alpha value is -3.79. The number of hydrogen-bond acceptors (Lipinski definition) is 5. The number of imidazole rings is 1. The average Bonchev–Trinajstić information content (AvgIpc) is 3.21. The van der Waals surface area contributed by atoms with E-state index < -0.39 is 0 Å². The van der Waals surface area contributed by atoms with E-state index in [1.807, 2.05) is 49.0 Å². The van der Waals surface area contributed by atoms with E-state index in [9.17, 15) is 4.79 Å². The van der Waals surface area contributed by atoms with Gasteiger partial charge in [-0.1, -0.05) is 31.0 Å². The van der Waals surface area contributed by atoms with Gasteiger partial charge in [0.1, 0.15) is 5.82 Å². The third-order valence-electron chi connectivity index (χ3n) is 5.92. The summed E-state index contributed by atoms with van der Waals surface area (Å²) in [6, 6.07) is 15.5. The van der Waals surface area contributed by atoms with Crippen LogP contribution in [-0.2, 0) is 6.54 Å². The van der Waals surface area contributed by atoms with E-state index in [-0.39, 0.29) is 6.04 Å². The molecule has 0 aliphatic carbocycles. The van der Waals surface area contributed by atoms with Crippen LogP contribution in [0.5, 0.6) is 0 Å². The van der Waals surface area contributed by atoms with Gasteiger partial charge in [-0.15, -0.1) is 6.42 Å². The van der Waals surface area contributed by atoms with Crippen molar-refractivity contribution in [2.45, 2.75) is 25.9 Å². The van der Waals surface area contributed by atoms with Gasteiger partial charge in [-0.05, 0) is 56.4 Å². The Morgan fingerprint density at radius 1 is 1.21 bits per heavy atom. The molecule has 2 aromatic heterocycles. The van der Waals surface area contributed by atoms with Crippen molar-refractivity contribution >= 4 is 17.3 Å². The first-order valence-electron chi connectivity index (χ1n) is 10.9. The van der Waals surface area contributed by atoms with Crippen LogP contribution in [0.2, 0.25) is 0 Å². The Morgan fingerprint density at radius 2 is 2.03 bits per heavy atom. The smallest absolute Gasteiger partial charge is 0.152 e. The van der Waals surface area contributed by atoms with Crippen LogP contribution < -0.4 is 5.73 Å². The summed E-state index contributed by atoms with van der Waals surface area (Å²) in [6.45, 7) is 2.57. The minimum Gasteiger partial charge on any atom is -0.326 e. The van der Waals surface area contributed by atoms with Crippen LogP contribution in [0.1, 0.15) is 46.7 Å². The maximum Gasteiger partial charge on any atom is 0.152 e. The molecule has 2 aromatic carbocycles. The van der Waals surface area contributed by atoms with E-state index in [0.29, 0.717) is 23.4 Å². The second-order valence-electron chi connectivity index (χ2n) is 8.16. The first-order valence-corrected chi connectivity index (χ1v) is 10.9. The molecule has 1 unspecified atom stereocenters. The molecule has 1 atom stereocenters. The van der Waals surface area contributed by atoms with Gasteiger partial charge in [0, 0.05) is 29.4 Å². The van der Waals surface area contributed by atoms with E-state index in [0.717, 1.165) is 46.4 Å². The average molecular weight is 438 g/mol. The van der Waals surface area contributed by atoms with Crippen molar-refractivity contribution in [2.24, 2.45) is 5.73 Å². The van der Waals surface area contributed by atoms with Gasteiger partial charge in [0.15, 0.2) is 6.29 Å². The summed E-state index contributed by atoms with van der Waals surface area (Å²) < 4.78 is 2.04. The number of benzene rings is 2. The number of hydrogen-bond donors (Lipinski definition) is 1. The molecule has 166 valence electrons. The number of carbonyl (C=O) groups excluding carboxylic acids is 1. The molecule has 0 aliphatic rings. The lowest BCUT2D eigenvalue weighted by molar-refractivity contribution is 0.112. The Bertz CT molecular complexity index is 1350. The summed E-state index contributed by atoms with van der Waals surface area (Å²) in [7, 11) is 4.06. The fraction of sp³-hybridized carbons (Fsp3) is 0.222. The van der Waals surface area contributed by atoms with Gasteiger partial charge in [0.05, 0.1) is 28.5 Å². The number of rotatable bonds is 7. The Kier molecular flexibility index (Phi) is 6.36. The molecule has 0 saturated carbocycles. The number of carbonyl (C=O) groups is 1. The van der Waals surface area contributed by atoms with Crippen molar-refractivity contribution in [3.05, 3.63) is 77.2 Å². The SMILES string of the molecule is C#Cc1cccc(C=O)c1-n1c(C(CC)N(C)C)nc2ccc(-c3ccc(CN)cn3)cc21. The van der Waals surface area contributed by atoms with E-state index in [2.05, 4.69) is 28.8 Å². The van der Waals surface area contributed by atoms with Crippen LogP contribution in [-0.4, -0.2) is 39.8 Å². The van der Waals surface area contributed by atoms with Gasteiger partial charge in [-0.3, -0.25) is 19.2 Å². The standard InChI is InChI=1S/C27H27N5O/c1-5-19-8-7-9-21(17-33)26(19)32-25-14-20(22-12-10-18(15-28)16-29-22)11-13-23(25)30-27(32)24(6-2)31(3)4/h1,7-14,16-17,24H,6,15,28H2,2-4H3. The Balaban J connectivity index is 2.05. The predicted molar refractivity (Wildman–Crippen MR) is 132 cm³/mol. The molecule has 0 radical (unpaired) electrons. The molecule has 0 fully saturated rings. The normalized spacial score (nSPS) is 12.1. The van der Waals surface area contributed by atoms with Crippen molar-refractivity contribution in [2.75, 3.05) is 14.1 Å². The molecular formula is C27H27N5O. The quantitative estimate of drug-likeness (QED) is 0.344. The van der Waals surface area contributed by atoms with Crippen molar-refractivity contribution in [1.29, 1.82) is 0 Å². The number of pyridine rings is 1. The summed E-state index contributed by atoms with van der Waals surface area (Å²) in [6.07, 6.45) is 9.35. The van der Waals surface area contributed by atoms with E-state index in [1.54, 1.807) is 18.3 Å². The minimum atomic E-state index is 0.0353. The molecule has 4 aromatic rings. The monoisotopic (exact) mass is 437 g/mol. The summed E-state index contributed by atoms with van der Waals surface area (Å²) in [5.41, 5.74) is 12.0. The zero-order valence-electron chi connectivity index (χ0n) is 19.1. The first-order chi connectivity index (χ1) is 16.0. The lowest BCUT2D eigenvalue weighted by Crippen LogP contribution is -2.23. The Morgan fingerprint density at radius 3 is 2.64 bits per heavy atom. The van der Waals surface area contributed by atoms with Crippen LogP contribution in [0, 0.1) is 12.3 Å². The fourth-order valence-electron chi connectivity index (χ4n) is 4.23. The lowest BCUT2D eigenvalue weighted by atomic mass is 10.1. The highest BCUT2D eigenvalue weighted by atomic mass is 16.1. The number of aldehydes is 1. The number of aromatic nitrogens is 3. The van der Waals surface area contributed by atoms with Gasteiger partial charge in [0.25, 0.3) is 0 Å². The van der Waals surface area contributed by atoms with Gasteiger partial charge in [-0.25, -0.2) is 4.98 Å². The second kappa shape index (κ2) is 9.37. The topological polar surface area (TPSA) is 77.0 Å². The van der Waals surface area contributed by atoms with Gasteiger partial charge >= 0.3 is 0 Å². The minimum absolute atomic E-state index is 0.0353. The third-order valence-corrected chi connectivity index (χ3v) is 5.92. The van der Waals surface area contributed by atoms with Gasteiger partial charge < -0.3 is 5.73 Å². The molecule has 0 amide bonds. The summed E-state index contributed by atoms with van der Waals surface area (Å²) in [4.78, 5) is 23.7. The molecule has 2 heterocycles. The number of terminal acetylenes is 1. The first kappa shape index (κ1) is 22.4. The maximum absolute atomic E-state index is 12.0. The highest BCUT2D eigenvalue weighted by Crippen LogP contribution is 2.33. The summed E-state index contributed by atoms with van der Waals surface area (Å²) in [5, 5.41) is 0. The fourth-order valence-corrected chi connectivity index (χ4v) is 4.23. The van der Waals surface area contributed by atoms with Gasteiger partial charge in [-0.2, -0.15) is 0 Å². The van der Waals surface area contributed by atoms with Crippen LogP contribution in [0.25, 0.3) is 28.0 Å². The number of para-hydroxylation sites is 1. The van der Waals surface area contributed by atoms with Crippen LogP contribution in [0.15, 0.2) is 54.7 Å². The van der Waals surface area contributed by atoms with Crippen molar-refractivity contribution in [1.82, 2.24) is 19.4 Å². The molecule has 2 N–H and O–H groups in total. The molecule has 0 spiro atoms. The van der Waals surface area contributed by atoms with Crippen LogP contribution in [0.4, 0.5) is 0 Å². The van der Waals surface area contributed by atoms with E-state index in [4.69, 9.17) is 17.1 Å². The summed E-state index contributed by atoms with van der Waals surface area (Å²) in [5.74, 6) is 3.59. The van der Waals surface area contributed by atoms with E-state index in [1.165, 1.54) is 0 Å². The van der Waals surface area contributed by atoms with Crippen molar-refractivity contribution < 1.29 is 4.79 Å². The molecule has 0 saturated heterocycles. The number of nitrogens with two attached hydrogens (primary N) is 1.